The monoisotopic (exact) mass is 287 g/mol. The molecular formula is C14H17N5S. The van der Waals surface area contributed by atoms with Crippen molar-refractivity contribution in [2.24, 2.45) is 0 Å². The van der Waals surface area contributed by atoms with Crippen molar-refractivity contribution in [3.05, 3.63) is 34.2 Å². The van der Waals surface area contributed by atoms with Gasteiger partial charge in [-0.15, -0.1) is 11.3 Å². The van der Waals surface area contributed by atoms with Crippen LogP contribution < -0.4 is 5.73 Å². The summed E-state index contributed by atoms with van der Waals surface area (Å²) in [7, 11) is 0. The maximum atomic E-state index is 6.02. The van der Waals surface area contributed by atoms with Crippen molar-refractivity contribution in [1.82, 2.24) is 19.5 Å². The van der Waals surface area contributed by atoms with Gasteiger partial charge in [-0.2, -0.15) is 0 Å². The normalized spacial score (nSPS) is 12.9. The Kier molecular flexibility index (Phi) is 3.17. The standard InChI is InChI=1S/C14H17N5S/c1-4-10(14-16-5-6-20-14)19-9(3)8(2)11-12(15)17-7-18-13(11)19/h5-7,10H,4H2,1-3H3,(H2,15,17,18). The fourth-order valence-electron chi connectivity index (χ4n) is 2.70. The fraction of sp³-hybridized carbons (Fsp3) is 0.357. The van der Waals surface area contributed by atoms with E-state index in [0.717, 1.165) is 28.0 Å². The average Bonchev–Trinajstić information content (AvgIpc) is 3.04. The van der Waals surface area contributed by atoms with Gasteiger partial charge in [0.2, 0.25) is 0 Å². The van der Waals surface area contributed by atoms with Crippen LogP contribution in [-0.2, 0) is 0 Å². The minimum absolute atomic E-state index is 0.195. The van der Waals surface area contributed by atoms with Gasteiger partial charge < -0.3 is 10.3 Å². The van der Waals surface area contributed by atoms with Gasteiger partial charge in [-0.05, 0) is 25.8 Å². The molecule has 0 saturated heterocycles. The minimum atomic E-state index is 0.195. The lowest BCUT2D eigenvalue weighted by Crippen LogP contribution is -2.12. The summed E-state index contributed by atoms with van der Waals surface area (Å²) in [5.41, 5.74) is 9.24. The van der Waals surface area contributed by atoms with Crippen molar-refractivity contribution in [2.75, 3.05) is 5.73 Å². The molecule has 0 aliphatic rings. The molecule has 0 saturated carbocycles. The van der Waals surface area contributed by atoms with Gasteiger partial charge in [0.1, 0.15) is 22.8 Å². The van der Waals surface area contributed by atoms with E-state index in [2.05, 4.69) is 40.3 Å². The molecule has 0 spiro atoms. The van der Waals surface area contributed by atoms with Gasteiger partial charge in [0, 0.05) is 17.3 Å². The van der Waals surface area contributed by atoms with Crippen LogP contribution in [0.3, 0.4) is 0 Å². The van der Waals surface area contributed by atoms with Crippen LogP contribution in [-0.4, -0.2) is 19.5 Å². The number of anilines is 1. The molecule has 0 fully saturated rings. The van der Waals surface area contributed by atoms with E-state index < -0.39 is 0 Å². The van der Waals surface area contributed by atoms with Gasteiger partial charge in [-0.1, -0.05) is 6.92 Å². The number of nitrogen functional groups attached to an aromatic ring is 1. The largest absolute Gasteiger partial charge is 0.383 e. The van der Waals surface area contributed by atoms with Crippen LogP contribution >= 0.6 is 11.3 Å². The number of nitrogens with zero attached hydrogens (tertiary/aromatic N) is 4. The van der Waals surface area contributed by atoms with E-state index in [1.54, 1.807) is 11.3 Å². The van der Waals surface area contributed by atoms with Gasteiger partial charge in [0.15, 0.2) is 0 Å². The van der Waals surface area contributed by atoms with Gasteiger partial charge in [0.25, 0.3) is 0 Å². The zero-order valence-corrected chi connectivity index (χ0v) is 12.6. The van der Waals surface area contributed by atoms with E-state index in [9.17, 15) is 0 Å². The van der Waals surface area contributed by atoms with Gasteiger partial charge in [-0.25, -0.2) is 15.0 Å². The molecule has 0 amide bonds. The molecular weight excluding hydrogens is 270 g/mol. The first kappa shape index (κ1) is 13.1. The zero-order valence-electron chi connectivity index (χ0n) is 11.8. The number of thiazole rings is 1. The van der Waals surface area contributed by atoms with Crippen molar-refractivity contribution in [3.8, 4) is 0 Å². The molecule has 3 aromatic rings. The molecule has 0 aromatic carbocycles. The Bertz CT molecular complexity index is 745. The van der Waals surface area contributed by atoms with E-state index in [0.29, 0.717) is 5.82 Å². The van der Waals surface area contributed by atoms with E-state index in [1.807, 2.05) is 11.6 Å². The smallest absolute Gasteiger partial charge is 0.146 e. The Hall–Kier alpha value is -1.95. The molecule has 5 nitrogen and oxygen atoms in total. The Labute approximate surface area is 121 Å². The van der Waals surface area contributed by atoms with Crippen LogP contribution in [0.2, 0.25) is 0 Å². The summed E-state index contributed by atoms with van der Waals surface area (Å²) in [6.07, 6.45) is 4.34. The number of hydrogen-bond donors (Lipinski definition) is 1. The number of hydrogen-bond acceptors (Lipinski definition) is 5. The fourth-order valence-corrected chi connectivity index (χ4v) is 3.51. The third-order valence-corrected chi connectivity index (χ3v) is 4.68. The van der Waals surface area contributed by atoms with Crippen LogP contribution in [0.4, 0.5) is 5.82 Å². The average molecular weight is 287 g/mol. The van der Waals surface area contributed by atoms with Crippen LogP contribution in [0.25, 0.3) is 11.0 Å². The number of aryl methyl sites for hydroxylation is 1. The summed E-state index contributed by atoms with van der Waals surface area (Å²) in [6.45, 7) is 6.34. The summed E-state index contributed by atoms with van der Waals surface area (Å²) >= 11 is 1.67. The number of rotatable bonds is 3. The lowest BCUT2D eigenvalue weighted by Gasteiger charge is -2.17. The molecule has 1 unspecified atom stereocenters. The lowest BCUT2D eigenvalue weighted by atomic mass is 10.2. The number of fused-ring (bicyclic) bond motifs is 1. The highest BCUT2D eigenvalue weighted by Gasteiger charge is 2.22. The van der Waals surface area contributed by atoms with Crippen LogP contribution in [0.1, 0.15) is 35.7 Å². The first-order valence-corrected chi connectivity index (χ1v) is 7.50. The van der Waals surface area contributed by atoms with Crippen molar-refractivity contribution >= 4 is 28.2 Å². The molecule has 0 bridgehead atoms. The summed E-state index contributed by atoms with van der Waals surface area (Å²) in [5, 5.41) is 4.07. The third-order valence-electron chi connectivity index (χ3n) is 3.80. The third kappa shape index (κ3) is 1.79. The molecule has 3 aromatic heterocycles. The molecule has 0 aliphatic heterocycles. The van der Waals surface area contributed by atoms with E-state index in [4.69, 9.17) is 5.73 Å². The summed E-state index contributed by atoms with van der Waals surface area (Å²) in [4.78, 5) is 13.0. The van der Waals surface area contributed by atoms with Crippen LogP contribution in [0.5, 0.6) is 0 Å². The highest BCUT2D eigenvalue weighted by molar-refractivity contribution is 7.09. The molecule has 6 heteroatoms. The van der Waals surface area contributed by atoms with Crippen molar-refractivity contribution in [2.45, 2.75) is 33.2 Å². The molecule has 1 atom stereocenters. The lowest BCUT2D eigenvalue weighted by molar-refractivity contribution is 0.565. The predicted octanol–water partition coefficient (Wildman–Crippen LogP) is 3.09. The molecule has 20 heavy (non-hydrogen) atoms. The maximum absolute atomic E-state index is 6.02. The number of aromatic nitrogens is 4. The van der Waals surface area contributed by atoms with Crippen molar-refractivity contribution in [3.63, 3.8) is 0 Å². The highest BCUT2D eigenvalue weighted by atomic mass is 32.1. The van der Waals surface area contributed by atoms with Crippen molar-refractivity contribution in [1.29, 1.82) is 0 Å². The minimum Gasteiger partial charge on any atom is -0.383 e. The second-order valence-electron chi connectivity index (χ2n) is 4.83. The Morgan fingerprint density at radius 2 is 2.10 bits per heavy atom. The van der Waals surface area contributed by atoms with Gasteiger partial charge in [-0.3, -0.25) is 0 Å². The van der Waals surface area contributed by atoms with E-state index in [-0.39, 0.29) is 6.04 Å². The molecule has 0 aliphatic carbocycles. The first-order valence-electron chi connectivity index (χ1n) is 6.62. The summed E-state index contributed by atoms with van der Waals surface area (Å²) in [5.74, 6) is 0.545. The Balaban J connectivity index is 2.31. The van der Waals surface area contributed by atoms with Gasteiger partial charge in [0.05, 0.1) is 11.4 Å². The first-order chi connectivity index (χ1) is 9.65. The second-order valence-corrected chi connectivity index (χ2v) is 5.76. The predicted molar refractivity (Wildman–Crippen MR) is 82.0 cm³/mol. The zero-order chi connectivity index (χ0) is 14.3. The maximum Gasteiger partial charge on any atom is 0.146 e. The number of nitrogens with two attached hydrogens (primary N) is 1. The molecule has 2 N–H and O–H groups in total. The Morgan fingerprint density at radius 3 is 2.75 bits per heavy atom. The molecule has 3 heterocycles. The van der Waals surface area contributed by atoms with Crippen molar-refractivity contribution < 1.29 is 0 Å². The SMILES string of the molecule is CCC(c1nccs1)n1c(C)c(C)c2c(N)ncnc21. The second kappa shape index (κ2) is 4.86. The summed E-state index contributed by atoms with van der Waals surface area (Å²) < 4.78 is 2.24. The van der Waals surface area contributed by atoms with Crippen LogP contribution in [0.15, 0.2) is 17.9 Å². The highest BCUT2D eigenvalue weighted by Crippen LogP contribution is 2.34. The van der Waals surface area contributed by atoms with E-state index >= 15 is 0 Å². The quantitative estimate of drug-likeness (QED) is 0.803. The van der Waals surface area contributed by atoms with Gasteiger partial charge >= 0.3 is 0 Å². The van der Waals surface area contributed by atoms with Crippen LogP contribution in [0, 0.1) is 13.8 Å². The molecule has 0 radical (unpaired) electrons. The molecule has 104 valence electrons. The Morgan fingerprint density at radius 1 is 1.30 bits per heavy atom. The summed E-state index contributed by atoms with van der Waals surface area (Å²) in [6, 6.07) is 0.195. The topological polar surface area (TPSA) is 69.6 Å². The molecule has 3 rings (SSSR count). The van der Waals surface area contributed by atoms with E-state index in [1.165, 1.54) is 12.0 Å².